The second-order valence-electron chi connectivity index (χ2n) is 8.97. The van der Waals surface area contributed by atoms with Crippen molar-refractivity contribution in [2.24, 2.45) is 5.92 Å². The summed E-state index contributed by atoms with van der Waals surface area (Å²) in [5, 5.41) is 15.2. The van der Waals surface area contributed by atoms with Crippen molar-refractivity contribution in [2.45, 2.75) is 52.2 Å². The zero-order chi connectivity index (χ0) is 20.9. The van der Waals surface area contributed by atoms with Crippen LogP contribution in [-0.4, -0.2) is 34.9 Å². The average Bonchev–Trinajstić information content (AvgIpc) is 3.08. The number of hydrogen-bond donors (Lipinski definition) is 3. The van der Waals surface area contributed by atoms with Crippen LogP contribution < -0.4 is 10.1 Å². The fourth-order valence-electron chi connectivity index (χ4n) is 3.71. The minimum absolute atomic E-state index is 0. The lowest BCUT2D eigenvalue weighted by Crippen LogP contribution is -2.46. The van der Waals surface area contributed by atoms with Gasteiger partial charge in [-0.2, -0.15) is 0 Å². The Morgan fingerprint density at radius 2 is 1.73 bits per heavy atom. The fraction of sp³-hybridized carbons (Fsp3) is 0.440. The number of para-hydroxylation sites is 2. The van der Waals surface area contributed by atoms with E-state index in [2.05, 4.69) is 68.5 Å². The van der Waals surface area contributed by atoms with Gasteiger partial charge in [0.05, 0.1) is 0 Å². The molecule has 0 aliphatic carbocycles. The minimum atomic E-state index is -0.565. The number of benzene rings is 2. The normalized spacial score (nSPS) is 12.7. The van der Waals surface area contributed by atoms with Gasteiger partial charge in [-0.25, -0.2) is 0 Å². The van der Waals surface area contributed by atoms with E-state index in [-0.39, 0.29) is 24.6 Å². The van der Waals surface area contributed by atoms with Crippen molar-refractivity contribution in [3.8, 4) is 5.75 Å². The Bertz CT molecular complexity index is 920. The minimum Gasteiger partial charge on any atom is -0.491 e. The molecular formula is C25H35ClN2O2. The maximum absolute atomic E-state index is 10.5. The van der Waals surface area contributed by atoms with E-state index in [9.17, 15) is 5.11 Å². The number of halogens is 1. The van der Waals surface area contributed by atoms with Crippen LogP contribution in [0.15, 0.2) is 54.7 Å². The molecule has 30 heavy (non-hydrogen) atoms. The van der Waals surface area contributed by atoms with Gasteiger partial charge in [0.2, 0.25) is 0 Å². The lowest BCUT2D eigenvalue weighted by Gasteiger charge is -2.28. The summed E-state index contributed by atoms with van der Waals surface area (Å²) in [5.41, 5.74) is 3.50. The molecule has 0 aliphatic heterocycles. The van der Waals surface area contributed by atoms with Gasteiger partial charge in [-0.15, -0.1) is 12.4 Å². The van der Waals surface area contributed by atoms with Crippen molar-refractivity contribution in [1.29, 1.82) is 0 Å². The third-order valence-corrected chi connectivity index (χ3v) is 5.16. The van der Waals surface area contributed by atoms with E-state index in [1.54, 1.807) is 0 Å². The summed E-state index contributed by atoms with van der Waals surface area (Å²) < 4.78 is 5.93. The molecule has 3 N–H and O–H groups in total. The molecule has 0 amide bonds. The summed E-state index contributed by atoms with van der Waals surface area (Å²) in [5.74, 6) is 1.44. The lowest BCUT2D eigenvalue weighted by molar-refractivity contribution is 0.0983. The van der Waals surface area contributed by atoms with Crippen molar-refractivity contribution >= 4 is 23.3 Å². The van der Waals surface area contributed by atoms with Gasteiger partial charge in [0, 0.05) is 29.2 Å². The van der Waals surface area contributed by atoms with Crippen LogP contribution in [0.5, 0.6) is 5.75 Å². The molecule has 4 nitrogen and oxygen atoms in total. The smallest absolute Gasteiger partial charge is 0.122 e. The highest BCUT2D eigenvalue weighted by atomic mass is 35.5. The fourth-order valence-corrected chi connectivity index (χ4v) is 3.71. The Balaban J connectivity index is 0.00000320. The van der Waals surface area contributed by atoms with Crippen LogP contribution in [0.25, 0.3) is 10.9 Å². The number of ether oxygens (including phenoxy) is 1. The number of aliphatic hydroxyl groups excluding tert-OH is 1. The van der Waals surface area contributed by atoms with Crippen LogP contribution in [0.1, 0.15) is 38.8 Å². The highest BCUT2D eigenvalue weighted by molar-refractivity contribution is 5.85. The molecule has 164 valence electrons. The first kappa shape index (κ1) is 24.3. The molecule has 1 atom stereocenters. The highest BCUT2D eigenvalue weighted by Crippen LogP contribution is 2.23. The molecule has 0 radical (unpaired) electrons. The first-order valence-corrected chi connectivity index (χ1v) is 10.5. The SMILES string of the molecule is CC(C)Cc1ccccc1OCC(O)CNC(C)(C)Cc1c[nH]c2ccccc12.Cl. The van der Waals surface area contributed by atoms with E-state index in [0.29, 0.717) is 12.5 Å². The maximum Gasteiger partial charge on any atom is 0.122 e. The Hall–Kier alpha value is -2.01. The van der Waals surface area contributed by atoms with E-state index in [1.165, 1.54) is 16.5 Å². The van der Waals surface area contributed by atoms with Crippen molar-refractivity contribution in [2.75, 3.05) is 13.2 Å². The van der Waals surface area contributed by atoms with Crippen molar-refractivity contribution in [3.05, 3.63) is 65.9 Å². The Kier molecular flexibility index (Phi) is 8.78. The van der Waals surface area contributed by atoms with Crippen molar-refractivity contribution in [1.82, 2.24) is 10.3 Å². The maximum atomic E-state index is 10.5. The van der Waals surface area contributed by atoms with E-state index < -0.39 is 6.10 Å². The predicted octanol–water partition coefficient (Wildman–Crippen LogP) is 5.14. The van der Waals surface area contributed by atoms with Gasteiger partial charge in [0.15, 0.2) is 0 Å². The summed E-state index contributed by atoms with van der Waals surface area (Å²) in [6.45, 7) is 9.50. The van der Waals surface area contributed by atoms with Gasteiger partial charge in [0.25, 0.3) is 0 Å². The number of aliphatic hydroxyl groups is 1. The van der Waals surface area contributed by atoms with Crippen LogP contribution in [0.2, 0.25) is 0 Å². The molecule has 3 rings (SSSR count). The van der Waals surface area contributed by atoms with Gasteiger partial charge in [-0.3, -0.25) is 0 Å². The molecule has 0 bridgehead atoms. The summed E-state index contributed by atoms with van der Waals surface area (Å²) in [7, 11) is 0. The molecule has 0 saturated heterocycles. The molecule has 1 heterocycles. The second kappa shape index (κ2) is 10.9. The molecule has 0 aliphatic rings. The summed E-state index contributed by atoms with van der Waals surface area (Å²) in [6.07, 6.45) is 3.37. The molecule has 0 saturated carbocycles. The van der Waals surface area contributed by atoms with Gasteiger partial charge in [-0.1, -0.05) is 50.2 Å². The predicted molar refractivity (Wildman–Crippen MR) is 128 cm³/mol. The summed E-state index contributed by atoms with van der Waals surface area (Å²) in [4.78, 5) is 3.34. The number of hydrogen-bond acceptors (Lipinski definition) is 3. The van der Waals surface area contributed by atoms with Crippen molar-refractivity contribution in [3.63, 3.8) is 0 Å². The molecule has 0 spiro atoms. The van der Waals surface area contributed by atoms with Gasteiger partial charge in [0.1, 0.15) is 18.5 Å². The molecule has 5 heteroatoms. The third kappa shape index (κ3) is 6.76. The zero-order valence-electron chi connectivity index (χ0n) is 18.4. The molecule has 2 aromatic carbocycles. The first-order valence-electron chi connectivity index (χ1n) is 10.5. The lowest BCUT2D eigenvalue weighted by atomic mass is 9.94. The van der Waals surface area contributed by atoms with Crippen LogP contribution in [0, 0.1) is 5.92 Å². The van der Waals surface area contributed by atoms with E-state index in [0.717, 1.165) is 24.1 Å². The molecule has 0 fully saturated rings. The Labute approximate surface area is 186 Å². The van der Waals surface area contributed by atoms with Crippen LogP contribution in [0.3, 0.4) is 0 Å². The number of nitrogens with one attached hydrogen (secondary N) is 2. The van der Waals surface area contributed by atoms with E-state index in [4.69, 9.17) is 4.74 Å². The van der Waals surface area contributed by atoms with Gasteiger partial charge < -0.3 is 20.1 Å². The monoisotopic (exact) mass is 430 g/mol. The summed E-state index contributed by atoms with van der Waals surface area (Å²) in [6, 6.07) is 16.5. The molecular weight excluding hydrogens is 396 g/mol. The standard InChI is InChI=1S/C25H34N2O2.ClH/c1-18(2)13-19-9-5-8-12-24(19)29-17-21(28)16-27-25(3,4)14-20-15-26-23-11-7-6-10-22(20)23;/h5-12,15,18,21,26-28H,13-14,16-17H2,1-4H3;1H. The highest BCUT2D eigenvalue weighted by Gasteiger charge is 2.21. The van der Waals surface area contributed by atoms with Crippen LogP contribution >= 0.6 is 12.4 Å². The van der Waals surface area contributed by atoms with E-state index >= 15 is 0 Å². The average molecular weight is 431 g/mol. The molecule has 1 unspecified atom stereocenters. The van der Waals surface area contributed by atoms with Crippen LogP contribution in [0.4, 0.5) is 0 Å². The van der Waals surface area contributed by atoms with Crippen molar-refractivity contribution < 1.29 is 9.84 Å². The third-order valence-electron chi connectivity index (χ3n) is 5.16. The number of aromatic nitrogens is 1. The number of β-amino-alcohol motifs (C(OH)–C–C–N with tert-alkyl or cyclic N) is 1. The number of H-pyrrole nitrogens is 1. The zero-order valence-corrected chi connectivity index (χ0v) is 19.3. The van der Waals surface area contributed by atoms with E-state index in [1.807, 2.05) is 24.3 Å². The topological polar surface area (TPSA) is 57.3 Å². The molecule has 3 aromatic rings. The van der Waals surface area contributed by atoms with Gasteiger partial charge >= 0.3 is 0 Å². The van der Waals surface area contributed by atoms with Crippen LogP contribution in [-0.2, 0) is 12.8 Å². The second-order valence-corrected chi connectivity index (χ2v) is 8.97. The number of rotatable bonds is 10. The first-order chi connectivity index (χ1) is 13.8. The molecule has 1 aromatic heterocycles. The number of aromatic amines is 1. The van der Waals surface area contributed by atoms with Gasteiger partial charge in [-0.05, 0) is 55.9 Å². The quantitative estimate of drug-likeness (QED) is 0.417. The number of fused-ring (bicyclic) bond motifs is 1. The Morgan fingerprint density at radius 3 is 2.50 bits per heavy atom. The largest absolute Gasteiger partial charge is 0.491 e. The Morgan fingerprint density at radius 1 is 1.03 bits per heavy atom. The summed E-state index contributed by atoms with van der Waals surface area (Å²) >= 11 is 0.